The molecule has 1 heterocycles. The van der Waals surface area contributed by atoms with E-state index in [4.69, 9.17) is 0 Å². The first kappa shape index (κ1) is 25.0. The minimum atomic E-state index is -5.94. The Labute approximate surface area is 181 Å². The number of esters is 1. The molecule has 32 heavy (non-hydrogen) atoms. The summed E-state index contributed by atoms with van der Waals surface area (Å²) in [6, 6.07) is 2.82. The van der Waals surface area contributed by atoms with E-state index in [0.717, 1.165) is 13.2 Å². The van der Waals surface area contributed by atoms with E-state index in [2.05, 4.69) is 14.8 Å². The number of carbonyl (C=O) groups is 2. The van der Waals surface area contributed by atoms with Crippen LogP contribution in [0.2, 0.25) is 0 Å². The third-order valence-corrected chi connectivity index (χ3v) is 4.79. The topological polar surface area (TPSA) is 108 Å². The maximum absolute atomic E-state index is 13.1. The molecule has 1 aromatic heterocycles. The smallest absolute Gasteiger partial charge is 0.456 e. The predicted octanol–water partition coefficient (Wildman–Crippen LogP) is 3.75. The molecule has 0 aliphatic heterocycles. The number of amides is 1. The third-order valence-electron chi connectivity index (χ3n) is 4.05. The summed E-state index contributed by atoms with van der Waals surface area (Å²) in [7, 11) is 1.09. The zero-order valence-corrected chi connectivity index (χ0v) is 17.0. The highest BCUT2D eigenvalue weighted by molar-refractivity contribution is 7.07. The second-order valence-corrected chi connectivity index (χ2v) is 7.10. The van der Waals surface area contributed by atoms with Crippen LogP contribution < -0.4 is 10.1 Å². The van der Waals surface area contributed by atoms with Gasteiger partial charge in [-0.15, -0.1) is 0 Å². The highest BCUT2D eigenvalue weighted by atomic mass is 32.1. The zero-order chi connectivity index (χ0) is 24.1. The van der Waals surface area contributed by atoms with E-state index in [1.165, 1.54) is 11.3 Å². The number of carbonyl (C=O) groups excluding carboxylic acids is 2. The van der Waals surface area contributed by atoms with Crippen LogP contribution in [0.4, 0.5) is 27.6 Å². The zero-order valence-electron chi connectivity index (χ0n) is 16.2. The lowest BCUT2D eigenvalue weighted by Crippen LogP contribution is -2.43. The Morgan fingerprint density at radius 3 is 2.44 bits per heavy atom. The van der Waals surface area contributed by atoms with Crippen molar-refractivity contribution < 1.29 is 45.9 Å². The Morgan fingerprint density at radius 1 is 1.22 bits per heavy atom. The van der Waals surface area contributed by atoms with Crippen molar-refractivity contribution in [3.8, 4) is 5.75 Å². The fraction of sp³-hybridized carbons (Fsp3) is 0.333. The van der Waals surface area contributed by atoms with Crippen LogP contribution in [-0.2, 0) is 16.0 Å². The van der Waals surface area contributed by atoms with E-state index < -0.39 is 53.0 Å². The Morgan fingerprint density at radius 2 is 1.91 bits per heavy atom. The molecule has 0 saturated carbocycles. The largest absolute Gasteiger partial charge is 0.480 e. The van der Waals surface area contributed by atoms with Gasteiger partial charge in [0.15, 0.2) is 12.4 Å². The summed E-state index contributed by atoms with van der Waals surface area (Å²) < 4.78 is 72.3. The number of nitrogens with zero attached hydrogens (tertiary/aromatic N) is 1. The molecule has 8 nitrogen and oxygen atoms in total. The van der Waals surface area contributed by atoms with E-state index in [0.29, 0.717) is 17.7 Å². The van der Waals surface area contributed by atoms with Crippen molar-refractivity contribution in [2.24, 2.45) is 0 Å². The minimum absolute atomic E-state index is 0.0516. The molecule has 174 valence electrons. The second-order valence-electron chi connectivity index (χ2n) is 6.32. The number of halogens is 5. The van der Waals surface area contributed by atoms with Gasteiger partial charge in [-0.2, -0.15) is 33.3 Å². The fourth-order valence-electron chi connectivity index (χ4n) is 2.39. The van der Waals surface area contributed by atoms with Gasteiger partial charge in [-0.25, -0.2) is 4.79 Å². The molecule has 0 saturated heterocycles. The summed E-state index contributed by atoms with van der Waals surface area (Å²) in [6.45, 7) is -2.23. The molecule has 0 spiro atoms. The molecule has 1 atom stereocenters. The van der Waals surface area contributed by atoms with Gasteiger partial charge >= 0.3 is 23.8 Å². The van der Waals surface area contributed by atoms with Gasteiger partial charge in [0.25, 0.3) is 5.91 Å². The van der Waals surface area contributed by atoms with Gasteiger partial charge in [0.05, 0.1) is 12.0 Å². The van der Waals surface area contributed by atoms with E-state index in [1.54, 1.807) is 16.8 Å². The van der Waals surface area contributed by atoms with Crippen molar-refractivity contribution in [3.05, 3.63) is 56.3 Å². The van der Waals surface area contributed by atoms with Gasteiger partial charge in [0, 0.05) is 24.1 Å². The molecule has 1 amide bonds. The van der Waals surface area contributed by atoms with Gasteiger partial charge in [-0.05, 0) is 28.5 Å². The molecular weight excluding hydrogens is 467 g/mol. The number of nitro benzene ring substituents is 1. The molecule has 14 heteroatoms. The first-order chi connectivity index (χ1) is 14.9. The SMILES string of the molecule is COC(=O)[C@H](Cc1ccsc1)NC(=O)c1ccc([N+](=O)[O-])c(OCC(F)(F)C(F)(F)F)c1. The maximum atomic E-state index is 13.1. The van der Waals surface area contributed by atoms with E-state index in [1.807, 2.05) is 0 Å². The average Bonchev–Trinajstić information content (AvgIpc) is 3.23. The number of nitrogens with one attached hydrogen (secondary N) is 1. The lowest BCUT2D eigenvalue weighted by atomic mass is 10.1. The number of hydrogen-bond acceptors (Lipinski definition) is 7. The highest BCUT2D eigenvalue weighted by Gasteiger charge is 2.58. The molecule has 1 N–H and O–H groups in total. The number of ether oxygens (including phenoxy) is 2. The molecule has 2 aromatic rings. The van der Waals surface area contributed by atoms with Gasteiger partial charge in [0.1, 0.15) is 6.04 Å². The normalized spacial score (nSPS) is 12.7. The van der Waals surface area contributed by atoms with Crippen molar-refractivity contribution in [2.45, 2.75) is 24.6 Å². The van der Waals surface area contributed by atoms with Gasteiger partial charge in [-0.3, -0.25) is 14.9 Å². The minimum Gasteiger partial charge on any atom is -0.480 e. The molecule has 0 radical (unpaired) electrons. The number of methoxy groups -OCH3 is 1. The van der Waals surface area contributed by atoms with Crippen molar-refractivity contribution in [3.63, 3.8) is 0 Å². The number of hydrogen-bond donors (Lipinski definition) is 1. The van der Waals surface area contributed by atoms with Crippen molar-refractivity contribution in [2.75, 3.05) is 13.7 Å². The molecule has 0 bridgehead atoms. The Kier molecular flexibility index (Phi) is 7.72. The lowest BCUT2D eigenvalue weighted by Gasteiger charge is -2.20. The standard InChI is InChI=1S/C18H15F5N2O6S/c1-30-16(27)12(6-10-4-5-32-8-10)24-15(26)11-2-3-13(25(28)29)14(7-11)31-9-17(19,20)18(21,22)23/h2-5,7-8,12H,6,9H2,1H3,(H,24,26)/t12-/m0/s1. The summed E-state index contributed by atoms with van der Waals surface area (Å²) in [5, 5.41) is 16.9. The second kappa shape index (κ2) is 9.89. The molecule has 2 rings (SSSR count). The highest BCUT2D eigenvalue weighted by Crippen LogP contribution is 2.37. The van der Waals surface area contributed by atoms with Crippen LogP contribution in [0.5, 0.6) is 5.75 Å². The van der Waals surface area contributed by atoms with E-state index >= 15 is 0 Å². The predicted molar refractivity (Wildman–Crippen MR) is 101 cm³/mol. The van der Waals surface area contributed by atoms with Crippen molar-refractivity contribution in [1.29, 1.82) is 0 Å². The molecule has 0 aliphatic carbocycles. The molecule has 0 aliphatic rings. The van der Waals surface area contributed by atoms with Crippen LogP contribution in [0.15, 0.2) is 35.0 Å². The van der Waals surface area contributed by atoms with Crippen LogP contribution in [0, 0.1) is 10.1 Å². The summed E-state index contributed by atoms with van der Waals surface area (Å²) in [5.74, 6) is -8.01. The summed E-state index contributed by atoms with van der Waals surface area (Å²) in [6.07, 6.45) is -5.89. The Hall–Kier alpha value is -3.29. The molecular formula is C18H15F5N2O6S. The molecule has 0 fully saturated rings. The van der Waals surface area contributed by atoms with Gasteiger partial charge in [0.2, 0.25) is 0 Å². The lowest BCUT2D eigenvalue weighted by molar-refractivity contribution is -0.386. The van der Waals surface area contributed by atoms with Crippen molar-refractivity contribution >= 4 is 28.9 Å². The van der Waals surface area contributed by atoms with E-state index in [-0.39, 0.29) is 12.0 Å². The quantitative estimate of drug-likeness (QED) is 0.253. The van der Waals surface area contributed by atoms with Crippen molar-refractivity contribution in [1.82, 2.24) is 5.32 Å². The number of alkyl halides is 5. The average molecular weight is 482 g/mol. The summed E-state index contributed by atoms with van der Waals surface area (Å²) in [5.41, 5.74) is -0.602. The van der Waals surface area contributed by atoms with Gasteiger partial charge < -0.3 is 14.8 Å². The summed E-state index contributed by atoms with van der Waals surface area (Å²) in [4.78, 5) is 34.5. The Bertz CT molecular complexity index is 981. The van der Waals surface area contributed by atoms with Crippen LogP contribution in [-0.4, -0.2) is 48.7 Å². The summed E-state index contributed by atoms with van der Waals surface area (Å²) >= 11 is 1.34. The number of benzene rings is 1. The fourth-order valence-corrected chi connectivity index (χ4v) is 3.08. The van der Waals surface area contributed by atoms with Crippen LogP contribution >= 0.6 is 11.3 Å². The third kappa shape index (κ3) is 6.12. The van der Waals surface area contributed by atoms with Crippen LogP contribution in [0.3, 0.4) is 0 Å². The monoisotopic (exact) mass is 482 g/mol. The number of rotatable bonds is 9. The molecule has 1 aromatic carbocycles. The molecule has 0 unspecified atom stereocenters. The maximum Gasteiger partial charge on any atom is 0.456 e. The Balaban J connectivity index is 2.26. The number of thiophene rings is 1. The van der Waals surface area contributed by atoms with Gasteiger partial charge in [-0.1, -0.05) is 0 Å². The van der Waals surface area contributed by atoms with Crippen LogP contribution in [0.25, 0.3) is 0 Å². The first-order valence-electron chi connectivity index (χ1n) is 8.61. The number of nitro groups is 1. The first-order valence-corrected chi connectivity index (χ1v) is 9.55. The van der Waals surface area contributed by atoms with E-state index in [9.17, 15) is 41.7 Å². The van der Waals surface area contributed by atoms with Crippen LogP contribution in [0.1, 0.15) is 15.9 Å².